The van der Waals surface area contributed by atoms with Crippen LogP contribution in [0.15, 0.2) is 42.5 Å². The molecule has 1 unspecified atom stereocenters. The predicted molar refractivity (Wildman–Crippen MR) is 87.3 cm³/mol. The van der Waals surface area contributed by atoms with Gasteiger partial charge >= 0.3 is 0 Å². The third-order valence-corrected chi connectivity index (χ3v) is 3.62. The molecular formula is C18H24N2. The minimum atomic E-state index is 0.0291. The maximum absolute atomic E-state index is 6.32. The summed E-state index contributed by atoms with van der Waals surface area (Å²) in [5.74, 6) is 0. The molecule has 0 aliphatic rings. The van der Waals surface area contributed by atoms with Crippen LogP contribution in [0.3, 0.4) is 0 Å². The van der Waals surface area contributed by atoms with Gasteiger partial charge < -0.3 is 10.6 Å². The number of nitrogens with zero attached hydrogens (tertiary/aromatic N) is 1. The second-order valence-electron chi connectivity index (χ2n) is 5.74. The molecule has 0 aliphatic heterocycles. The summed E-state index contributed by atoms with van der Waals surface area (Å²) in [6, 6.07) is 15.1. The van der Waals surface area contributed by atoms with Crippen LogP contribution in [0.4, 0.5) is 5.69 Å². The van der Waals surface area contributed by atoms with Crippen LogP contribution >= 0.6 is 0 Å². The van der Waals surface area contributed by atoms with Crippen molar-refractivity contribution in [2.24, 2.45) is 5.73 Å². The van der Waals surface area contributed by atoms with Crippen molar-refractivity contribution in [3.05, 3.63) is 64.7 Å². The zero-order valence-corrected chi connectivity index (χ0v) is 12.9. The number of aryl methyl sites for hydroxylation is 3. The van der Waals surface area contributed by atoms with E-state index in [2.05, 4.69) is 75.2 Å². The standard InChI is InChI=1S/C18H24N2/c1-13-5-7-16(8-6-13)18(19)12-20(4)17-10-14(2)9-15(3)11-17/h5-11,18H,12,19H2,1-4H3. The van der Waals surface area contributed by atoms with Gasteiger partial charge in [0.25, 0.3) is 0 Å². The Kier molecular flexibility index (Phi) is 4.46. The number of benzene rings is 2. The van der Waals surface area contributed by atoms with Crippen molar-refractivity contribution in [2.75, 3.05) is 18.5 Å². The first-order valence-electron chi connectivity index (χ1n) is 7.07. The SMILES string of the molecule is Cc1ccc(C(N)CN(C)c2cc(C)cc(C)c2)cc1. The average molecular weight is 268 g/mol. The van der Waals surface area contributed by atoms with E-state index in [9.17, 15) is 0 Å². The Labute approximate surface area is 122 Å². The van der Waals surface area contributed by atoms with Crippen LogP contribution in [0.1, 0.15) is 28.3 Å². The highest BCUT2D eigenvalue weighted by atomic mass is 15.1. The quantitative estimate of drug-likeness (QED) is 0.915. The molecule has 2 nitrogen and oxygen atoms in total. The van der Waals surface area contributed by atoms with E-state index < -0.39 is 0 Å². The molecule has 2 aromatic carbocycles. The molecule has 1 atom stereocenters. The zero-order chi connectivity index (χ0) is 14.7. The lowest BCUT2D eigenvalue weighted by Crippen LogP contribution is -2.29. The molecule has 2 aromatic rings. The van der Waals surface area contributed by atoms with Crippen molar-refractivity contribution in [3.8, 4) is 0 Å². The minimum Gasteiger partial charge on any atom is -0.373 e. The summed E-state index contributed by atoms with van der Waals surface area (Å²) < 4.78 is 0. The molecule has 0 saturated carbocycles. The van der Waals surface area contributed by atoms with Gasteiger partial charge in [-0.05, 0) is 49.6 Å². The normalized spacial score (nSPS) is 12.2. The van der Waals surface area contributed by atoms with Gasteiger partial charge in [-0.3, -0.25) is 0 Å². The fraction of sp³-hybridized carbons (Fsp3) is 0.333. The van der Waals surface area contributed by atoms with Crippen LogP contribution in [0.5, 0.6) is 0 Å². The Morgan fingerprint density at radius 2 is 1.45 bits per heavy atom. The fourth-order valence-electron chi connectivity index (χ4n) is 2.49. The molecule has 0 aromatic heterocycles. The van der Waals surface area contributed by atoms with E-state index in [1.165, 1.54) is 27.9 Å². The third-order valence-electron chi connectivity index (χ3n) is 3.62. The van der Waals surface area contributed by atoms with E-state index >= 15 is 0 Å². The zero-order valence-electron chi connectivity index (χ0n) is 12.9. The highest BCUT2D eigenvalue weighted by Gasteiger charge is 2.10. The third kappa shape index (κ3) is 3.61. The van der Waals surface area contributed by atoms with Gasteiger partial charge in [0.2, 0.25) is 0 Å². The monoisotopic (exact) mass is 268 g/mol. The van der Waals surface area contributed by atoms with Crippen molar-refractivity contribution in [1.82, 2.24) is 0 Å². The topological polar surface area (TPSA) is 29.3 Å². The Bertz CT molecular complexity index is 552. The molecule has 0 spiro atoms. The molecule has 0 amide bonds. The summed E-state index contributed by atoms with van der Waals surface area (Å²) in [7, 11) is 2.10. The minimum absolute atomic E-state index is 0.0291. The number of nitrogens with two attached hydrogens (primary N) is 1. The van der Waals surface area contributed by atoms with Gasteiger partial charge in [0.05, 0.1) is 0 Å². The van der Waals surface area contributed by atoms with E-state index in [0.29, 0.717) is 0 Å². The number of rotatable bonds is 4. The largest absolute Gasteiger partial charge is 0.373 e. The smallest absolute Gasteiger partial charge is 0.0473 e. The Morgan fingerprint density at radius 3 is 2.00 bits per heavy atom. The highest BCUT2D eigenvalue weighted by Crippen LogP contribution is 2.20. The van der Waals surface area contributed by atoms with Crippen molar-refractivity contribution >= 4 is 5.69 Å². The number of anilines is 1. The number of likely N-dealkylation sites (N-methyl/N-ethyl adjacent to an activating group) is 1. The van der Waals surface area contributed by atoms with Gasteiger partial charge in [0.1, 0.15) is 0 Å². The maximum atomic E-state index is 6.32. The lowest BCUT2D eigenvalue weighted by Gasteiger charge is -2.24. The van der Waals surface area contributed by atoms with Crippen LogP contribution < -0.4 is 10.6 Å². The summed E-state index contributed by atoms with van der Waals surface area (Å²) in [5, 5.41) is 0. The molecule has 0 saturated heterocycles. The Morgan fingerprint density at radius 1 is 0.900 bits per heavy atom. The summed E-state index contributed by atoms with van der Waals surface area (Å²) in [6.45, 7) is 7.16. The first kappa shape index (κ1) is 14.6. The Hall–Kier alpha value is -1.80. The highest BCUT2D eigenvalue weighted by molar-refractivity contribution is 5.50. The van der Waals surface area contributed by atoms with E-state index in [1.807, 2.05) is 0 Å². The van der Waals surface area contributed by atoms with E-state index in [0.717, 1.165) is 6.54 Å². The summed E-state index contributed by atoms with van der Waals surface area (Å²) in [4.78, 5) is 2.23. The van der Waals surface area contributed by atoms with Crippen LogP contribution in [0.2, 0.25) is 0 Å². The molecule has 2 N–H and O–H groups in total. The van der Waals surface area contributed by atoms with Gasteiger partial charge in [0.15, 0.2) is 0 Å². The van der Waals surface area contributed by atoms with Crippen LogP contribution in [0, 0.1) is 20.8 Å². The van der Waals surface area contributed by atoms with Crippen LogP contribution in [-0.4, -0.2) is 13.6 Å². The van der Waals surface area contributed by atoms with Crippen LogP contribution in [-0.2, 0) is 0 Å². The van der Waals surface area contributed by atoms with E-state index in [1.54, 1.807) is 0 Å². The van der Waals surface area contributed by atoms with E-state index in [-0.39, 0.29) is 6.04 Å². The van der Waals surface area contributed by atoms with Gasteiger partial charge in [-0.25, -0.2) is 0 Å². The predicted octanol–water partition coefficient (Wildman–Crippen LogP) is 3.75. The first-order valence-corrected chi connectivity index (χ1v) is 7.07. The van der Waals surface area contributed by atoms with Gasteiger partial charge in [-0.15, -0.1) is 0 Å². The summed E-state index contributed by atoms with van der Waals surface area (Å²) in [5.41, 5.74) is 12.6. The molecule has 106 valence electrons. The fourth-order valence-corrected chi connectivity index (χ4v) is 2.49. The molecule has 2 rings (SSSR count). The maximum Gasteiger partial charge on any atom is 0.0473 e. The summed E-state index contributed by atoms with van der Waals surface area (Å²) >= 11 is 0. The number of hydrogen-bond acceptors (Lipinski definition) is 2. The molecule has 0 radical (unpaired) electrons. The molecule has 0 aliphatic carbocycles. The second kappa shape index (κ2) is 6.10. The molecule has 0 fully saturated rings. The molecule has 20 heavy (non-hydrogen) atoms. The van der Waals surface area contributed by atoms with Gasteiger partial charge in [-0.2, -0.15) is 0 Å². The molecule has 0 heterocycles. The van der Waals surface area contributed by atoms with Crippen molar-refractivity contribution in [2.45, 2.75) is 26.8 Å². The van der Waals surface area contributed by atoms with Gasteiger partial charge in [-0.1, -0.05) is 35.9 Å². The van der Waals surface area contributed by atoms with Crippen molar-refractivity contribution in [3.63, 3.8) is 0 Å². The average Bonchev–Trinajstić information content (AvgIpc) is 2.38. The molecular weight excluding hydrogens is 244 g/mol. The van der Waals surface area contributed by atoms with Crippen LogP contribution in [0.25, 0.3) is 0 Å². The molecule has 0 bridgehead atoms. The van der Waals surface area contributed by atoms with E-state index in [4.69, 9.17) is 5.73 Å². The van der Waals surface area contributed by atoms with Gasteiger partial charge in [0, 0.05) is 25.3 Å². The lowest BCUT2D eigenvalue weighted by atomic mass is 10.0. The number of hydrogen-bond donors (Lipinski definition) is 1. The molecule has 2 heteroatoms. The van der Waals surface area contributed by atoms with Crippen molar-refractivity contribution in [1.29, 1.82) is 0 Å². The second-order valence-corrected chi connectivity index (χ2v) is 5.74. The Balaban J connectivity index is 2.10. The first-order chi connectivity index (χ1) is 9.45. The van der Waals surface area contributed by atoms with Crippen molar-refractivity contribution < 1.29 is 0 Å². The summed E-state index contributed by atoms with van der Waals surface area (Å²) in [6.07, 6.45) is 0. The lowest BCUT2D eigenvalue weighted by molar-refractivity contribution is 0.703.